The van der Waals surface area contributed by atoms with E-state index in [1.807, 2.05) is 74.6 Å². The molecule has 0 aliphatic carbocycles. The molecule has 0 aliphatic rings. The molecule has 6 heteroatoms. The van der Waals surface area contributed by atoms with Crippen LogP contribution < -0.4 is 20.1 Å². The minimum absolute atomic E-state index is 0.0907. The fraction of sp³-hybridized carbons (Fsp3) is 0.250. The number of rotatable bonds is 10. The van der Waals surface area contributed by atoms with E-state index in [-0.39, 0.29) is 12.5 Å². The van der Waals surface area contributed by atoms with Crippen molar-refractivity contribution >= 4 is 11.6 Å². The molecule has 3 aromatic rings. The number of nitrogens with one attached hydrogen (secondary N) is 2. The fourth-order valence-corrected chi connectivity index (χ4v) is 2.88. The Morgan fingerprint density at radius 3 is 2.50 bits per heavy atom. The van der Waals surface area contributed by atoms with Crippen LogP contribution in [0.25, 0.3) is 0 Å². The van der Waals surface area contributed by atoms with Crippen LogP contribution in [0, 0.1) is 6.92 Å². The highest BCUT2D eigenvalue weighted by atomic mass is 16.5. The number of hydrogen-bond donors (Lipinski definition) is 2. The highest BCUT2D eigenvalue weighted by Gasteiger charge is 2.10. The lowest BCUT2D eigenvalue weighted by molar-refractivity contribution is -0.118. The zero-order valence-corrected chi connectivity index (χ0v) is 17.4. The minimum atomic E-state index is -0.219. The molecule has 0 atom stereocenters. The molecule has 0 saturated carbocycles. The van der Waals surface area contributed by atoms with Crippen molar-refractivity contribution in [3.63, 3.8) is 0 Å². The van der Waals surface area contributed by atoms with E-state index in [1.54, 1.807) is 6.20 Å². The molecule has 0 saturated heterocycles. The predicted octanol–water partition coefficient (Wildman–Crippen LogP) is 4.10. The van der Waals surface area contributed by atoms with Gasteiger partial charge >= 0.3 is 0 Å². The van der Waals surface area contributed by atoms with Gasteiger partial charge in [-0.15, -0.1) is 0 Å². The molecule has 0 spiro atoms. The van der Waals surface area contributed by atoms with Crippen LogP contribution in [0.5, 0.6) is 11.5 Å². The lowest BCUT2D eigenvalue weighted by atomic mass is 10.2. The number of ether oxygens (including phenoxy) is 2. The summed E-state index contributed by atoms with van der Waals surface area (Å²) < 4.78 is 11.4. The molecular weight excluding hydrogens is 378 g/mol. The van der Waals surface area contributed by atoms with Gasteiger partial charge in [0.05, 0.1) is 6.61 Å². The van der Waals surface area contributed by atoms with Gasteiger partial charge in [0.15, 0.2) is 18.1 Å². The summed E-state index contributed by atoms with van der Waals surface area (Å²) in [5, 5.41) is 6.21. The van der Waals surface area contributed by atoms with Gasteiger partial charge < -0.3 is 20.1 Å². The minimum Gasteiger partial charge on any atom is -0.490 e. The van der Waals surface area contributed by atoms with Gasteiger partial charge in [0.2, 0.25) is 0 Å². The van der Waals surface area contributed by atoms with E-state index < -0.39 is 0 Å². The molecule has 0 unspecified atom stereocenters. The van der Waals surface area contributed by atoms with Gasteiger partial charge in [-0.25, -0.2) is 0 Å². The van der Waals surface area contributed by atoms with E-state index in [9.17, 15) is 4.79 Å². The lowest BCUT2D eigenvalue weighted by Crippen LogP contribution is -2.20. The number of aryl methyl sites for hydroxylation is 1. The lowest BCUT2D eigenvalue weighted by Gasteiger charge is -2.14. The molecule has 6 nitrogen and oxygen atoms in total. The average Bonchev–Trinajstić information content (AvgIpc) is 2.76. The molecule has 30 heavy (non-hydrogen) atoms. The topological polar surface area (TPSA) is 72.5 Å². The third-order valence-electron chi connectivity index (χ3n) is 4.38. The Labute approximate surface area is 177 Å². The van der Waals surface area contributed by atoms with Crippen LogP contribution >= 0.6 is 0 Å². The first-order valence-corrected chi connectivity index (χ1v) is 9.98. The van der Waals surface area contributed by atoms with Crippen LogP contribution in [0.1, 0.15) is 23.6 Å². The second-order valence-corrected chi connectivity index (χ2v) is 6.88. The van der Waals surface area contributed by atoms with Gasteiger partial charge in [0.1, 0.15) is 0 Å². The zero-order valence-electron chi connectivity index (χ0n) is 17.4. The highest BCUT2D eigenvalue weighted by molar-refractivity contribution is 5.91. The van der Waals surface area contributed by atoms with Crippen molar-refractivity contribution in [2.75, 3.05) is 18.5 Å². The number of carbonyl (C=O) groups excluding carboxylic acids is 1. The summed E-state index contributed by atoms with van der Waals surface area (Å²) in [4.78, 5) is 16.3. The van der Waals surface area contributed by atoms with E-state index in [0.717, 1.165) is 28.9 Å². The number of benzene rings is 2. The molecule has 1 aromatic heterocycles. The molecule has 2 N–H and O–H groups in total. The largest absolute Gasteiger partial charge is 0.490 e. The second kappa shape index (κ2) is 11.0. The molecule has 0 bridgehead atoms. The SMILES string of the molecule is CCOc1cc(CNCc2cccnc2)ccc1OCC(=O)Nc1ccc(C)cc1. The number of anilines is 1. The van der Waals surface area contributed by atoms with Gasteiger partial charge in [0.25, 0.3) is 5.91 Å². The first kappa shape index (κ1) is 21.3. The van der Waals surface area contributed by atoms with E-state index in [4.69, 9.17) is 9.47 Å². The first-order chi connectivity index (χ1) is 14.6. The first-order valence-electron chi connectivity index (χ1n) is 9.98. The molecule has 2 aromatic carbocycles. The fourth-order valence-electron chi connectivity index (χ4n) is 2.88. The predicted molar refractivity (Wildman–Crippen MR) is 118 cm³/mol. The third kappa shape index (κ3) is 6.60. The van der Waals surface area contributed by atoms with E-state index in [1.165, 1.54) is 0 Å². The van der Waals surface area contributed by atoms with Gasteiger partial charge in [0, 0.05) is 31.2 Å². The molecule has 3 rings (SSSR count). The monoisotopic (exact) mass is 405 g/mol. The van der Waals surface area contributed by atoms with Crippen molar-refractivity contribution in [1.29, 1.82) is 0 Å². The number of amides is 1. The van der Waals surface area contributed by atoms with Crippen LogP contribution in [-0.4, -0.2) is 24.1 Å². The van der Waals surface area contributed by atoms with E-state index >= 15 is 0 Å². The van der Waals surface area contributed by atoms with Crippen molar-refractivity contribution in [2.24, 2.45) is 0 Å². The molecule has 1 heterocycles. The Morgan fingerprint density at radius 2 is 1.77 bits per heavy atom. The van der Waals surface area contributed by atoms with E-state index in [2.05, 4.69) is 15.6 Å². The maximum atomic E-state index is 12.2. The Morgan fingerprint density at radius 1 is 0.967 bits per heavy atom. The van der Waals surface area contributed by atoms with Crippen LogP contribution in [0.3, 0.4) is 0 Å². The highest BCUT2D eigenvalue weighted by Crippen LogP contribution is 2.28. The van der Waals surface area contributed by atoms with Crippen LogP contribution in [0.15, 0.2) is 67.0 Å². The van der Waals surface area contributed by atoms with Crippen molar-refractivity contribution < 1.29 is 14.3 Å². The number of hydrogen-bond acceptors (Lipinski definition) is 5. The summed E-state index contributed by atoms with van der Waals surface area (Å²) in [6.07, 6.45) is 3.61. The van der Waals surface area contributed by atoms with Crippen LogP contribution in [0.2, 0.25) is 0 Å². The standard InChI is InChI=1S/C24H27N3O3/c1-3-29-23-13-19(14-26-16-20-5-4-12-25-15-20)8-11-22(23)30-17-24(28)27-21-9-6-18(2)7-10-21/h4-13,15,26H,3,14,16-17H2,1-2H3,(H,27,28). The summed E-state index contributed by atoms with van der Waals surface area (Å²) in [6.45, 7) is 5.76. The second-order valence-electron chi connectivity index (χ2n) is 6.88. The molecule has 0 aliphatic heterocycles. The third-order valence-corrected chi connectivity index (χ3v) is 4.38. The molecule has 156 valence electrons. The summed E-state index contributed by atoms with van der Waals surface area (Å²) in [5.74, 6) is 0.955. The molecule has 0 radical (unpaired) electrons. The van der Waals surface area contributed by atoms with E-state index in [0.29, 0.717) is 24.7 Å². The van der Waals surface area contributed by atoms with Gasteiger partial charge in [-0.2, -0.15) is 0 Å². The quantitative estimate of drug-likeness (QED) is 0.531. The number of nitrogens with zero attached hydrogens (tertiary/aromatic N) is 1. The van der Waals surface area contributed by atoms with Crippen LogP contribution in [0.4, 0.5) is 5.69 Å². The van der Waals surface area contributed by atoms with Crippen molar-refractivity contribution in [3.05, 3.63) is 83.7 Å². The summed E-state index contributed by atoms with van der Waals surface area (Å²) in [7, 11) is 0. The van der Waals surface area contributed by atoms with Gasteiger partial charge in [-0.05, 0) is 55.3 Å². The maximum absolute atomic E-state index is 12.2. The molecule has 1 amide bonds. The van der Waals surface area contributed by atoms with Crippen molar-refractivity contribution in [2.45, 2.75) is 26.9 Å². The number of aromatic nitrogens is 1. The Balaban J connectivity index is 1.54. The van der Waals surface area contributed by atoms with Crippen molar-refractivity contribution in [3.8, 4) is 11.5 Å². The van der Waals surface area contributed by atoms with Crippen molar-refractivity contribution in [1.82, 2.24) is 10.3 Å². The normalized spacial score (nSPS) is 10.5. The number of carbonyl (C=O) groups is 1. The van der Waals surface area contributed by atoms with Gasteiger partial charge in [-0.1, -0.05) is 29.8 Å². The zero-order chi connectivity index (χ0) is 21.2. The van der Waals surface area contributed by atoms with Crippen LogP contribution in [-0.2, 0) is 17.9 Å². The van der Waals surface area contributed by atoms with Gasteiger partial charge in [-0.3, -0.25) is 9.78 Å². The Hall–Kier alpha value is -3.38. The molecule has 0 fully saturated rings. The summed E-state index contributed by atoms with van der Waals surface area (Å²) in [5.41, 5.74) is 4.08. The maximum Gasteiger partial charge on any atom is 0.262 e. The Bertz CT molecular complexity index is 944. The average molecular weight is 405 g/mol. The smallest absolute Gasteiger partial charge is 0.262 e. The number of pyridine rings is 1. The Kier molecular flexibility index (Phi) is 7.80. The summed E-state index contributed by atoms with van der Waals surface area (Å²) in [6, 6.07) is 17.3. The molecular formula is C24H27N3O3. The summed E-state index contributed by atoms with van der Waals surface area (Å²) >= 11 is 0.